The van der Waals surface area contributed by atoms with Crippen molar-refractivity contribution >= 4 is 28.2 Å². The van der Waals surface area contributed by atoms with Gasteiger partial charge in [-0.15, -0.1) is 0 Å². The normalized spacial score (nSPS) is 12.5. The summed E-state index contributed by atoms with van der Waals surface area (Å²) in [5.41, 5.74) is 8.69. The van der Waals surface area contributed by atoms with Gasteiger partial charge in [0.2, 0.25) is 0 Å². The Balaban J connectivity index is 1.89. The summed E-state index contributed by atoms with van der Waals surface area (Å²) in [7, 11) is 0. The summed E-state index contributed by atoms with van der Waals surface area (Å²) in [5, 5.41) is 3.50. The lowest BCUT2D eigenvalue weighted by Crippen LogP contribution is -2.30. The van der Waals surface area contributed by atoms with E-state index in [4.69, 9.17) is 5.73 Å². The molecule has 2 aromatic carbocycles. The number of anilines is 2. The van der Waals surface area contributed by atoms with Gasteiger partial charge in [-0.3, -0.25) is 9.59 Å². The van der Waals surface area contributed by atoms with Gasteiger partial charge in [-0.1, -0.05) is 36.4 Å². The molecule has 5 heteroatoms. The minimum Gasteiger partial charge on any atom is -0.397 e. The number of aryl methyl sites for hydroxylation is 2. The predicted octanol–water partition coefficient (Wildman–Crippen LogP) is 2.39. The van der Waals surface area contributed by atoms with Crippen LogP contribution in [0.25, 0.3) is 10.9 Å². The predicted molar refractivity (Wildman–Crippen MR) is 90.7 cm³/mol. The number of nitrogen functional groups attached to an aromatic ring is 1. The van der Waals surface area contributed by atoms with Crippen LogP contribution in [0.1, 0.15) is 15.9 Å². The highest BCUT2D eigenvalue weighted by molar-refractivity contribution is 6.12. The second kappa shape index (κ2) is 4.98. The van der Waals surface area contributed by atoms with E-state index in [0.717, 1.165) is 22.9 Å². The molecule has 0 saturated carbocycles. The Morgan fingerprint density at radius 2 is 1.87 bits per heavy atom. The molecule has 4 rings (SSSR count). The van der Waals surface area contributed by atoms with Crippen molar-refractivity contribution in [2.75, 3.05) is 11.1 Å². The van der Waals surface area contributed by atoms with E-state index in [1.807, 2.05) is 36.4 Å². The number of para-hydroxylation sites is 2. The fourth-order valence-electron chi connectivity index (χ4n) is 3.20. The number of nitrogens with two attached hydrogens (primary N) is 1. The lowest BCUT2D eigenvalue weighted by Gasteiger charge is -2.12. The molecule has 23 heavy (non-hydrogen) atoms. The number of benzene rings is 2. The quantitative estimate of drug-likeness (QED) is 0.763. The molecular weight excluding hydrogens is 290 g/mol. The van der Waals surface area contributed by atoms with Gasteiger partial charge in [0.1, 0.15) is 5.56 Å². The van der Waals surface area contributed by atoms with Gasteiger partial charge in [0.05, 0.1) is 11.2 Å². The van der Waals surface area contributed by atoms with Crippen LogP contribution in [0.4, 0.5) is 11.4 Å². The maximum Gasteiger partial charge on any atom is 0.266 e. The fraction of sp³-hybridized carbons (Fsp3) is 0.111. The summed E-state index contributed by atoms with van der Waals surface area (Å²) in [4.78, 5) is 25.3. The molecule has 1 aliphatic heterocycles. The third-order valence-electron chi connectivity index (χ3n) is 4.27. The largest absolute Gasteiger partial charge is 0.397 e. The van der Waals surface area contributed by atoms with E-state index in [1.165, 1.54) is 0 Å². The average Bonchev–Trinajstić information content (AvgIpc) is 2.99. The molecule has 0 unspecified atom stereocenters. The van der Waals surface area contributed by atoms with Crippen LogP contribution in [-0.2, 0) is 13.0 Å². The first-order valence-electron chi connectivity index (χ1n) is 7.47. The van der Waals surface area contributed by atoms with Crippen molar-refractivity contribution in [1.82, 2.24) is 4.57 Å². The standard InChI is InChI=1S/C18H15N3O2/c19-15-13-8-4-5-11-9-10-21(16(11)13)18(23)14(15)17(22)20-12-6-2-1-3-7-12/h1-8H,9-10,19H2,(H,20,22). The summed E-state index contributed by atoms with van der Waals surface area (Å²) in [6.45, 7) is 0.584. The monoisotopic (exact) mass is 305 g/mol. The molecule has 3 N–H and O–H groups in total. The van der Waals surface area contributed by atoms with Crippen LogP contribution in [0.2, 0.25) is 0 Å². The number of pyridine rings is 1. The summed E-state index contributed by atoms with van der Waals surface area (Å²) in [5.74, 6) is -0.471. The summed E-state index contributed by atoms with van der Waals surface area (Å²) < 4.78 is 1.65. The summed E-state index contributed by atoms with van der Waals surface area (Å²) >= 11 is 0. The number of aromatic nitrogens is 1. The Morgan fingerprint density at radius 1 is 1.09 bits per heavy atom. The zero-order chi connectivity index (χ0) is 16.0. The van der Waals surface area contributed by atoms with Gasteiger partial charge >= 0.3 is 0 Å². The topological polar surface area (TPSA) is 77.1 Å². The highest BCUT2D eigenvalue weighted by Gasteiger charge is 2.24. The zero-order valence-corrected chi connectivity index (χ0v) is 12.4. The molecule has 3 aromatic rings. The van der Waals surface area contributed by atoms with Gasteiger partial charge in [-0.05, 0) is 24.1 Å². The zero-order valence-electron chi connectivity index (χ0n) is 12.4. The van der Waals surface area contributed by atoms with Gasteiger partial charge in [0, 0.05) is 17.6 Å². The van der Waals surface area contributed by atoms with Crippen molar-refractivity contribution in [3.05, 3.63) is 70.0 Å². The molecule has 0 aliphatic carbocycles. The maximum absolute atomic E-state index is 12.7. The first kappa shape index (κ1) is 13.6. The van der Waals surface area contributed by atoms with Gasteiger partial charge in [-0.25, -0.2) is 0 Å². The van der Waals surface area contributed by atoms with Crippen molar-refractivity contribution < 1.29 is 4.79 Å². The maximum atomic E-state index is 12.7. The molecule has 0 spiro atoms. The summed E-state index contributed by atoms with van der Waals surface area (Å²) in [6.07, 6.45) is 0.787. The Kier molecular flexibility index (Phi) is 2.94. The third kappa shape index (κ3) is 2.01. The molecule has 5 nitrogen and oxygen atoms in total. The minimum atomic E-state index is -0.471. The van der Waals surface area contributed by atoms with Crippen LogP contribution in [0.5, 0.6) is 0 Å². The highest BCUT2D eigenvalue weighted by Crippen LogP contribution is 2.29. The fourth-order valence-corrected chi connectivity index (χ4v) is 3.20. The van der Waals surface area contributed by atoms with Crippen LogP contribution in [0.15, 0.2) is 53.3 Å². The number of hydrogen-bond donors (Lipinski definition) is 2. The number of nitrogens with zero attached hydrogens (tertiary/aromatic N) is 1. The van der Waals surface area contributed by atoms with E-state index in [9.17, 15) is 9.59 Å². The van der Waals surface area contributed by atoms with E-state index in [-0.39, 0.29) is 16.8 Å². The number of carbonyl (C=O) groups is 1. The lowest BCUT2D eigenvalue weighted by molar-refractivity contribution is 0.102. The Hall–Kier alpha value is -3.08. The van der Waals surface area contributed by atoms with Crippen molar-refractivity contribution in [1.29, 1.82) is 0 Å². The minimum absolute atomic E-state index is 0.0143. The Morgan fingerprint density at radius 3 is 2.65 bits per heavy atom. The van der Waals surface area contributed by atoms with Gasteiger partial charge in [0.25, 0.3) is 11.5 Å². The van der Waals surface area contributed by atoms with Gasteiger partial charge < -0.3 is 15.6 Å². The number of amides is 1. The number of rotatable bonds is 2. The molecule has 0 radical (unpaired) electrons. The second-order valence-electron chi connectivity index (χ2n) is 5.63. The first-order valence-corrected chi connectivity index (χ1v) is 7.47. The van der Waals surface area contributed by atoms with E-state index in [2.05, 4.69) is 5.32 Å². The molecule has 1 amide bonds. The van der Waals surface area contributed by atoms with Crippen LogP contribution in [0.3, 0.4) is 0 Å². The SMILES string of the molecule is Nc1c(C(=O)Nc2ccccc2)c(=O)n2c3c(cccc13)CC2. The number of hydrogen-bond acceptors (Lipinski definition) is 3. The van der Waals surface area contributed by atoms with Crippen molar-refractivity contribution in [2.45, 2.75) is 13.0 Å². The number of nitrogens with one attached hydrogen (secondary N) is 1. The lowest BCUT2D eigenvalue weighted by atomic mass is 10.1. The first-order chi connectivity index (χ1) is 11.2. The van der Waals surface area contributed by atoms with E-state index in [0.29, 0.717) is 12.2 Å². The van der Waals surface area contributed by atoms with Crippen LogP contribution in [-0.4, -0.2) is 10.5 Å². The van der Waals surface area contributed by atoms with E-state index >= 15 is 0 Å². The Labute approximate surface area is 132 Å². The van der Waals surface area contributed by atoms with Crippen LogP contribution in [0, 0.1) is 0 Å². The van der Waals surface area contributed by atoms with Gasteiger partial charge in [-0.2, -0.15) is 0 Å². The van der Waals surface area contributed by atoms with E-state index < -0.39 is 5.91 Å². The molecule has 0 saturated heterocycles. The highest BCUT2D eigenvalue weighted by atomic mass is 16.2. The second-order valence-corrected chi connectivity index (χ2v) is 5.63. The molecule has 0 fully saturated rings. The number of carbonyl (C=O) groups excluding carboxylic acids is 1. The van der Waals surface area contributed by atoms with Crippen molar-refractivity contribution in [2.24, 2.45) is 0 Å². The van der Waals surface area contributed by atoms with Crippen molar-refractivity contribution in [3.8, 4) is 0 Å². The molecule has 0 bridgehead atoms. The molecule has 1 aliphatic rings. The molecular formula is C18H15N3O2. The smallest absolute Gasteiger partial charge is 0.266 e. The van der Waals surface area contributed by atoms with Crippen molar-refractivity contribution in [3.63, 3.8) is 0 Å². The van der Waals surface area contributed by atoms with Gasteiger partial charge in [0.15, 0.2) is 0 Å². The third-order valence-corrected chi connectivity index (χ3v) is 4.27. The van der Waals surface area contributed by atoms with Crippen LogP contribution >= 0.6 is 0 Å². The molecule has 114 valence electrons. The van der Waals surface area contributed by atoms with E-state index in [1.54, 1.807) is 16.7 Å². The summed E-state index contributed by atoms with van der Waals surface area (Å²) in [6, 6.07) is 14.8. The average molecular weight is 305 g/mol. The Bertz CT molecular complexity index is 991. The molecule has 2 heterocycles. The van der Waals surface area contributed by atoms with Crippen LogP contribution < -0.4 is 16.6 Å². The molecule has 0 atom stereocenters. The molecule has 1 aromatic heterocycles.